The Morgan fingerprint density at radius 1 is 1.44 bits per heavy atom. The number of aromatic amines is 1. The van der Waals surface area contributed by atoms with E-state index in [9.17, 15) is 14.3 Å². The minimum Gasteiger partial charge on any atom is -0.446 e. The van der Waals surface area contributed by atoms with E-state index < -0.39 is 5.60 Å². The first-order valence-electron chi connectivity index (χ1n) is 10.1. The van der Waals surface area contributed by atoms with Crippen LogP contribution < -0.4 is 5.32 Å². The molecule has 10 nitrogen and oxygen atoms in total. The molecule has 3 aromatic heterocycles. The first-order valence-corrected chi connectivity index (χ1v) is 10.1. The molecule has 0 spiro atoms. The van der Waals surface area contributed by atoms with Crippen LogP contribution in [0.15, 0.2) is 35.2 Å². The van der Waals surface area contributed by atoms with Gasteiger partial charge in [0.25, 0.3) is 5.91 Å². The Morgan fingerprint density at radius 2 is 2.31 bits per heavy atom. The second kappa shape index (κ2) is 7.84. The van der Waals surface area contributed by atoms with Crippen molar-refractivity contribution in [3.8, 4) is 0 Å². The highest BCUT2D eigenvalue weighted by Gasteiger charge is 2.37. The van der Waals surface area contributed by atoms with Crippen molar-refractivity contribution >= 4 is 16.8 Å². The molecule has 4 aromatic rings. The van der Waals surface area contributed by atoms with Crippen molar-refractivity contribution in [2.24, 2.45) is 0 Å². The monoisotopic (exact) mass is 440 g/mol. The number of ether oxygens (including phenoxy) is 1. The van der Waals surface area contributed by atoms with Gasteiger partial charge in [-0.1, -0.05) is 5.21 Å². The number of aliphatic hydroxyl groups is 1. The predicted molar refractivity (Wildman–Crippen MR) is 109 cm³/mol. The lowest BCUT2D eigenvalue weighted by Gasteiger charge is -2.15. The molecule has 0 radical (unpaired) electrons. The van der Waals surface area contributed by atoms with E-state index in [1.54, 1.807) is 23.9 Å². The highest BCUT2D eigenvalue weighted by atomic mass is 19.1. The number of oxazole rings is 1. The van der Waals surface area contributed by atoms with Crippen LogP contribution in [0.3, 0.4) is 0 Å². The molecule has 1 aromatic carbocycles. The summed E-state index contributed by atoms with van der Waals surface area (Å²) in [5.41, 5.74) is 1.61. The number of rotatable bonds is 6. The maximum absolute atomic E-state index is 13.5. The van der Waals surface area contributed by atoms with E-state index in [2.05, 4.69) is 25.6 Å². The quantitative estimate of drug-likeness (QED) is 0.416. The van der Waals surface area contributed by atoms with Crippen molar-refractivity contribution in [1.29, 1.82) is 0 Å². The lowest BCUT2D eigenvalue weighted by Crippen LogP contribution is -2.26. The Morgan fingerprint density at radius 3 is 3.12 bits per heavy atom. The minimum atomic E-state index is -1.13. The number of nitrogens with zero attached hydrogens (tertiary/aromatic N) is 4. The van der Waals surface area contributed by atoms with Crippen molar-refractivity contribution in [3.05, 3.63) is 65.0 Å². The molecule has 0 aliphatic carbocycles. The predicted octanol–water partition coefficient (Wildman–Crippen LogP) is 1.78. The van der Waals surface area contributed by atoms with Crippen LogP contribution in [-0.4, -0.2) is 49.2 Å². The minimum absolute atomic E-state index is 0.108. The van der Waals surface area contributed by atoms with Gasteiger partial charge in [0.2, 0.25) is 0 Å². The number of H-pyrrole nitrogens is 1. The summed E-state index contributed by atoms with van der Waals surface area (Å²) < 4.78 is 25.8. The van der Waals surface area contributed by atoms with E-state index in [1.165, 1.54) is 18.5 Å². The van der Waals surface area contributed by atoms with Crippen molar-refractivity contribution in [2.75, 3.05) is 13.2 Å². The van der Waals surface area contributed by atoms with Crippen LogP contribution in [0.2, 0.25) is 0 Å². The second-order valence-corrected chi connectivity index (χ2v) is 7.86. The summed E-state index contributed by atoms with van der Waals surface area (Å²) >= 11 is 0. The number of nitrogens with one attached hydrogen (secondary N) is 2. The van der Waals surface area contributed by atoms with Gasteiger partial charge in [-0.2, -0.15) is 0 Å². The van der Waals surface area contributed by atoms with Crippen molar-refractivity contribution in [3.63, 3.8) is 0 Å². The zero-order valence-corrected chi connectivity index (χ0v) is 17.3. The number of carbonyl (C=O) groups is 1. The van der Waals surface area contributed by atoms with Gasteiger partial charge in [-0.3, -0.25) is 4.79 Å². The molecule has 1 saturated heterocycles. The Labute approximate surface area is 181 Å². The van der Waals surface area contributed by atoms with Crippen LogP contribution in [0, 0.1) is 12.7 Å². The molecule has 1 aliphatic rings. The van der Waals surface area contributed by atoms with Gasteiger partial charge >= 0.3 is 0 Å². The Kier molecular flexibility index (Phi) is 4.98. The molecule has 5 rings (SSSR count). The standard InChI is InChI=1S/C21H21FN6O4/c1-12-14-6-13(22)2-3-15(14)25-19(12)20(29)23-7-17-16(24-11-32-17)8-28-9-18(26-27-28)21(30)4-5-31-10-21/h2-3,6,9,11,25,30H,4-5,7-8,10H2,1H3,(H,23,29). The number of hydrogen-bond donors (Lipinski definition) is 3. The summed E-state index contributed by atoms with van der Waals surface area (Å²) in [7, 11) is 0. The van der Waals surface area contributed by atoms with Crippen LogP contribution in [0.4, 0.5) is 4.39 Å². The number of amides is 1. The Balaban J connectivity index is 1.27. The number of hydrogen-bond acceptors (Lipinski definition) is 7. The van der Waals surface area contributed by atoms with Gasteiger partial charge in [0.1, 0.15) is 34.3 Å². The fraction of sp³-hybridized carbons (Fsp3) is 0.333. The topological polar surface area (TPSA) is 131 Å². The molecule has 166 valence electrons. The summed E-state index contributed by atoms with van der Waals surface area (Å²) in [6, 6.07) is 4.34. The van der Waals surface area contributed by atoms with Gasteiger partial charge in [0, 0.05) is 23.9 Å². The van der Waals surface area contributed by atoms with Gasteiger partial charge < -0.3 is 24.6 Å². The fourth-order valence-electron chi connectivity index (χ4n) is 3.84. The largest absolute Gasteiger partial charge is 0.446 e. The van der Waals surface area contributed by atoms with Crippen LogP contribution >= 0.6 is 0 Å². The first-order chi connectivity index (χ1) is 15.4. The van der Waals surface area contributed by atoms with Crippen LogP contribution in [0.1, 0.15) is 39.6 Å². The molecule has 1 fully saturated rings. The van der Waals surface area contributed by atoms with Gasteiger partial charge in [-0.25, -0.2) is 14.1 Å². The van der Waals surface area contributed by atoms with Crippen LogP contribution in [-0.2, 0) is 23.4 Å². The molecule has 3 N–H and O–H groups in total. The normalized spacial score (nSPS) is 18.5. The second-order valence-electron chi connectivity index (χ2n) is 7.86. The molecular weight excluding hydrogens is 419 g/mol. The molecule has 32 heavy (non-hydrogen) atoms. The highest BCUT2D eigenvalue weighted by Crippen LogP contribution is 2.28. The zero-order valence-electron chi connectivity index (χ0n) is 17.3. The van der Waals surface area contributed by atoms with E-state index in [0.717, 1.165) is 0 Å². The molecule has 1 amide bonds. The van der Waals surface area contributed by atoms with E-state index >= 15 is 0 Å². The number of aryl methyl sites for hydroxylation is 1. The Bertz CT molecular complexity index is 1290. The van der Waals surface area contributed by atoms with E-state index in [1.807, 2.05) is 0 Å². The lowest BCUT2D eigenvalue weighted by atomic mass is 10.0. The molecule has 0 bridgehead atoms. The van der Waals surface area contributed by atoms with Crippen molar-refractivity contribution in [2.45, 2.75) is 32.0 Å². The van der Waals surface area contributed by atoms with Crippen molar-refractivity contribution < 1.29 is 23.4 Å². The van der Waals surface area contributed by atoms with E-state index in [-0.39, 0.29) is 31.4 Å². The third-order valence-electron chi connectivity index (χ3n) is 5.71. The van der Waals surface area contributed by atoms with E-state index in [0.29, 0.717) is 52.3 Å². The Hall–Kier alpha value is -3.57. The number of halogens is 1. The number of aromatic nitrogens is 5. The summed E-state index contributed by atoms with van der Waals surface area (Å²) in [4.78, 5) is 19.9. The average Bonchev–Trinajstić information content (AvgIpc) is 3.56. The van der Waals surface area contributed by atoms with Gasteiger partial charge in [-0.15, -0.1) is 5.10 Å². The van der Waals surface area contributed by atoms with E-state index in [4.69, 9.17) is 9.15 Å². The first kappa shape index (κ1) is 20.3. The summed E-state index contributed by atoms with van der Waals surface area (Å²) in [6.07, 6.45) is 3.41. The van der Waals surface area contributed by atoms with Gasteiger partial charge in [0.15, 0.2) is 6.39 Å². The highest BCUT2D eigenvalue weighted by molar-refractivity contribution is 6.00. The zero-order chi connectivity index (χ0) is 22.3. The third kappa shape index (κ3) is 3.65. The third-order valence-corrected chi connectivity index (χ3v) is 5.71. The maximum atomic E-state index is 13.5. The molecule has 0 saturated carbocycles. The molecule has 1 aliphatic heterocycles. The average molecular weight is 440 g/mol. The molecular formula is C21H21FN6O4. The smallest absolute Gasteiger partial charge is 0.268 e. The number of fused-ring (bicyclic) bond motifs is 1. The van der Waals surface area contributed by atoms with Crippen LogP contribution in [0.5, 0.6) is 0 Å². The molecule has 1 atom stereocenters. The number of carbonyl (C=O) groups excluding carboxylic acids is 1. The maximum Gasteiger partial charge on any atom is 0.268 e. The summed E-state index contributed by atoms with van der Waals surface area (Å²) in [5, 5.41) is 22.1. The summed E-state index contributed by atoms with van der Waals surface area (Å²) in [6.45, 7) is 2.79. The fourth-order valence-corrected chi connectivity index (χ4v) is 3.84. The van der Waals surface area contributed by atoms with Crippen LogP contribution in [0.25, 0.3) is 10.9 Å². The SMILES string of the molecule is Cc1c(C(=O)NCc2ocnc2Cn2cc(C3(O)CCOC3)nn2)[nH]c2ccc(F)cc12. The summed E-state index contributed by atoms with van der Waals surface area (Å²) in [5.74, 6) is -0.229. The number of benzene rings is 1. The van der Waals surface area contributed by atoms with Gasteiger partial charge in [-0.05, 0) is 30.7 Å². The lowest BCUT2D eigenvalue weighted by molar-refractivity contribution is 0.0193. The van der Waals surface area contributed by atoms with Gasteiger partial charge in [0.05, 0.1) is 25.9 Å². The molecule has 11 heteroatoms. The van der Waals surface area contributed by atoms with Crippen molar-refractivity contribution in [1.82, 2.24) is 30.3 Å². The molecule has 4 heterocycles. The molecule has 1 unspecified atom stereocenters.